The molecular weight excluding hydrogens is 332 g/mol. The van der Waals surface area contributed by atoms with Gasteiger partial charge in [0.1, 0.15) is 0 Å². The largest absolute Gasteiger partial charge is 0.300 e. The predicted molar refractivity (Wildman–Crippen MR) is 108 cm³/mol. The van der Waals surface area contributed by atoms with E-state index < -0.39 is 0 Å². The van der Waals surface area contributed by atoms with Gasteiger partial charge in [-0.1, -0.05) is 30.3 Å². The van der Waals surface area contributed by atoms with Crippen molar-refractivity contribution in [2.75, 3.05) is 49.7 Å². The van der Waals surface area contributed by atoms with Crippen molar-refractivity contribution in [3.8, 4) is 0 Å². The smallest absolute Gasteiger partial charge is 0.0277 e. The molecule has 0 N–H and O–H groups in total. The Kier molecular flexibility index (Phi) is 5.47. The number of likely N-dealkylation sites (N-methyl/N-ethyl adjacent to an activating group) is 1. The Balaban J connectivity index is 1.39. The van der Waals surface area contributed by atoms with Gasteiger partial charge in [0.15, 0.2) is 0 Å². The van der Waals surface area contributed by atoms with Crippen LogP contribution in [0.2, 0.25) is 0 Å². The van der Waals surface area contributed by atoms with Crippen LogP contribution >= 0.6 is 23.5 Å². The second-order valence-corrected chi connectivity index (χ2v) is 10.1. The van der Waals surface area contributed by atoms with Gasteiger partial charge in [0.2, 0.25) is 0 Å². The number of nitrogens with zero attached hydrogens (tertiary/aromatic N) is 2. The molecule has 2 nitrogen and oxygen atoms in total. The van der Waals surface area contributed by atoms with E-state index in [4.69, 9.17) is 0 Å². The Morgan fingerprint density at radius 3 is 2.33 bits per heavy atom. The van der Waals surface area contributed by atoms with Gasteiger partial charge in [0, 0.05) is 54.2 Å². The summed E-state index contributed by atoms with van der Waals surface area (Å²) < 4.78 is 0. The van der Waals surface area contributed by atoms with E-state index in [1.807, 2.05) is 0 Å². The number of hydrogen-bond acceptors (Lipinski definition) is 4. The summed E-state index contributed by atoms with van der Waals surface area (Å²) in [5.74, 6) is 6.12. The second-order valence-electron chi connectivity index (χ2n) is 7.76. The summed E-state index contributed by atoms with van der Waals surface area (Å²) in [7, 11) is 2.37. The number of likely N-dealkylation sites (tertiary alicyclic amines) is 2. The molecule has 1 spiro atoms. The van der Waals surface area contributed by atoms with E-state index in [9.17, 15) is 0 Å². The summed E-state index contributed by atoms with van der Waals surface area (Å²) in [6, 6.07) is 12.0. The molecule has 0 radical (unpaired) electrons. The van der Waals surface area contributed by atoms with Crippen LogP contribution < -0.4 is 0 Å². The van der Waals surface area contributed by atoms with E-state index in [1.54, 1.807) is 5.56 Å². The molecule has 3 fully saturated rings. The minimum atomic E-state index is 0.460. The van der Waals surface area contributed by atoms with Crippen molar-refractivity contribution in [2.45, 2.75) is 36.8 Å². The summed E-state index contributed by atoms with van der Waals surface area (Å²) >= 11 is 4.33. The van der Waals surface area contributed by atoms with Crippen molar-refractivity contribution in [1.82, 2.24) is 9.80 Å². The monoisotopic (exact) mass is 362 g/mol. The highest BCUT2D eigenvalue weighted by molar-refractivity contribution is 8.03. The van der Waals surface area contributed by atoms with Gasteiger partial charge in [-0.25, -0.2) is 0 Å². The van der Waals surface area contributed by atoms with Crippen LogP contribution in [0.4, 0.5) is 0 Å². The molecule has 0 aliphatic carbocycles. The minimum Gasteiger partial charge on any atom is -0.300 e. The van der Waals surface area contributed by atoms with Crippen molar-refractivity contribution in [2.24, 2.45) is 0 Å². The average molecular weight is 363 g/mol. The molecule has 0 bridgehead atoms. The van der Waals surface area contributed by atoms with Crippen LogP contribution in [-0.4, -0.2) is 71.1 Å². The van der Waals surface area contributed by atoms with Gasteiger partial charge in [-0.05, 0) is 37.8 Å². The third kappa shape index (κ3) is 3.53. The SMILES string of the molecule is CN1C[C@H](c2ccccc2)CC12CCN(C1CSCCSC1)CC2. The lowest BCUT2D eigenvalue weighted by molar-refractivity contribution is 0.0585. The standard InChI is InChI=1S/C20H30N2S2/c1-21-14-18(17-5-3-2-4-6-17)13-20(21)7-9-22(10-8-20)19-15-23-11-12-24-16-19/h2-6,18-19H,7-16H2,1H3/t18-/m1/s1. The second kappa shape index (κ2) is 7.61. The van der Waals surface area contributed by atoms with E-state index in [-0.39, 0.29) is 0 Å². The van der Waals surface area contributed by atoms with Gasteiger partial charge >= 0.3 is 0 Å². The lowest BCUT2D eigenvalue weighted by Crippen LogP contribution is -2.53. The molecule has 0 unspecified atom stereocenters. The minimum absolute atomic E-state index is 0.460. The van der Waals surface area contributed by atoms with E-state index in [2.05, 4.69) is 70.7 Å². The molecule has 3 heterocycles. The maximum Gasteiger partial charge on any atom is 0.0277 e. The number of rotatable bonds is 2. The summed E-state index contributed by atoms with van der Waals surface area (Å²) in [5, 5.41) is 0. The van der Waals surface area contributed by atoms with E-state index in [1.165, 1.54) is 61.9 Å². The highest BCUT2D eigenvalue weighted by Crippen LogP contribution is 2.44. The quantitative estimate of drug-likeness (QED) is 0.789. The third-order valence-electron chi connectivity index (χ3n) is 6.44. The van der Waals surface area contributed by atoms with E-state index >= 15 is 0 Å². The molecule has 3 aliphatic rings. The van der Waals surface area contributed by atoms with Crippen LogP contribution in [0.1, 0.15) is 30.7 Å². The van der Waals surface area contributed by atoms with Crippen LogP contribution in [0.5, 0.6) is 0 Å². The van der Waals surface area contributed by atoms with Crippen molar-refractivity contribution in [3.05, 3.63) is 35.9 Å². The van der Waals surface area contributed by atoms with Gasteiger partial charge in [-0.15, -0.1) is 0 Å². The molecule has 3 saturated heterocycles. The van der Waals surface area contributed by atoms with Crippen molar-refractivity contribution in [3.63, 3.8) is 0 Å². The predicted octanol–water partition coefficient (Wildman–Crippen LogP) is 3.79. The first-order chi connectivity index (χ1) is 11.8. The summed E-state index contributed by atoms with van der Waals surface area (Å²) in [6.45, 7) is 3.84. The molecule has 4 heteroatoms. The fraction of sp³-hybridized carbons (Fsp3) is 0.700. The van der Waals surface area contributed by atoms with Gasteiger partial charge in [0.25, 0.3) is 0 Å². The summed E-state index contributed by atoms with van der Waals surface area (Å²) in [4.78, 5) is 5.50. The molecular formula is C20H30N2S2. The molecule has 24 heavy (non-hydrogen) atoms. The fourth-order valence-electron chi connectivity index (χ4n) is 4.86. The van der Waals surface area contributed by atoms with Crippen LogP contribution in [-0.2, 0) is 0 Å². The van der Waals surface area contributed by atoms with Crippen LogP contribution in [0.3, 0.4) is 0 Å². The zero-order valence-corrected chi connectivity index (χ0v) is 16.5. The highest BCUT2D eigenvalue weighted by atomic mass is 32.2. The topological polar surface area (TPSA) is 6.48 Å². The molecule has 1 atom stereocenters. The van der Waals surface area contributed by atoms with E-state index in [0.29, 0.717) is 5.54 Å². The molecule has 4 rings (SSSR count). The molecule has 1 aromatic carbocycles. The van der Waals surface area contributed by atoms with E-state index in [0.717, 1.165) is 12.0 Å². The molecule has 0 saturated carbocycles. The third-order valence-corrected chi connectivity index (χ3v) is 8.92. The Morgan fingerprint density at radius 1 is 1.00 bits per heavy atom. The number of benzene rings is 1. The maximum absolute atomic E-state index is 2.81. The Labute approximate surface area is 155 Å². The van der Waals surface area contributed by atoms with Gasteiger partial charge < -0.3 is 0 Å². The Hall–Kier alpha value is -0.160. The summed E-state index contributed by atoms with van der Waals surface area (Å²) in [5.41, 5.74) is 2.00. The lowest BCUT2D eigenvalue weighted by atomic mass is 9.81. The maximum atomic E-state index is 2.81. The Morgan fingerprint density at radius 2 is 1.67 bits per heavy atom. The highest BCUT2D eigenvalue weighted by Gasteiger charge is 2.46. The first kappa shape index (κ1) is 17.3. The van der Waals surface area contributed by atoms with Crippen LogP contribution in [0.25, 0.3) is 0 Å². The van der Waals surface area contributed by atoms with Crippen molar-refractivity contribution in [1.29, 1.82) is 0 Å². The molecule has 0 aromatic heterocycles. The first-order valence-electron chi connectivity index (χ1n) is 9.43. The van der Waals surface area contributed by atoms with Gasteiger partial charge in [0.05, 0.1) is 0 Å². The molecule has 1 aromatic rings. The molecule has 132 valence electrons. The first-order valence-corrected chi connectivity index (χ1v) is 11.7. The van der Waals surface area contributed by atoms with Crippen LogP contribution in [0.15, 0.2) is 30.3 Å². The van der Waals surface area contributed by atoms with Crippen molar-refractivity contribution >= 4 is 23.5 Å². The van der Waals surface area contributed by atoms with Crippen molar-refractivity contribution < 1.29 is 0 Å². The summed E-state index contributed by atoms with van der Waals surface area (Å²) in [6.07, 6.45) is 4.08. The van der Waals surface area contributed by atoms with Gasteiger partial charge in [-0.2, -0.15) is 23.5 Å². The average Bonchev–Trinajstić information content (AvgIpc) is 2.81. The molecule has 3 aliphatic heterocycles. The zero-order chi connectivity index (χ0) is 16.4. The molecule has 0 amide bonds. The lowest BCUT2D eigenvalue weighted by Gasteiger charge is -2.45. The fourth-order valence-corrected chi connectivity index (χ4v) is 7.49. The number of thioether (sulfide) groups is 2. The van der Waals surface area contributed by atoms with Crippen LogP contribution in [0, 0.1) is 0 Å². The van der Waals surface area contributed by atoms with Gasteiger partial charge in [-0.3, -0.25) is 9.80 Å². The Bertz CT molecular complexity index is 520. The normalized spacial score (nSPS) is 29.8. The number of hydrogen-bond donors (Lipinski definition) is 0. The zero-order valence-electron chi connectivity index (χ0n) is 14.8. The number of piperidine rings is 1.